The first-order chi connectivity index (χ1) is 19.7. The Morgan fingerprint density at radius 3 is 2.24 bits per heavy atom. The number of allylic oxidation sites excluding steroid dienone is 5. The molecule has 1 saturated heterocycles. The Hall–Kier alpha value is -1.93. The standard InChI is InChI=1S/C35H58O7/c1-20(2)33-23(5)15-16-28(41-33)26(8)32(37)27(9)34-29(39-10)14-12-13-21(3)17-24(6)31(36)25(7)18-22(4)19-30(40-11)35(38)42-34/h12-14,18-20,23-29,31-34,36-37H,15-17H2,1-11H3/b14-12+,21-13+,22-18+,30-19-/t23-,24-,25+,26+,27-,28+,29-,31-,32-,33+,34+/m0/s1. The Bertz CT molecular complexity index is 980. The number of cyclic esters (lactones) is 1. The smallest absolute Gasteiger partial charge is 0.373 e. The van der Waals surface area contributed by atoms with Crippen LogP contribution in [0.4, 0.5) is 0 Å². The van der Waals surface area contributed by atoms with Crippen LogP contribution in [0.25, 0.3) is 0 Å². The molecule has 0 amide bonds. The van der Waals surface area contributed by atoms with Crippen LogP contribution in [-0.4, -0.2) is 67.0 Å². The zero-order chi connectivity index (χ0) is 31.7. The Kier molecular flexibility index (Phi) is 14.5. The number of hydrogen-bond acceptors (Lipinski definition) is 7. The molecule has 42 heavy (non-hydrogen) atoms. The molecule has 2 aliphatic rings. The molecule has 0 aliphatic carbocycles. The summed E-state index contributed by atoms with van der Waals surface area (Å²) in [6.45, 7) is 18.4. The molecular formula is C35H58O7. The van der Waals surface area contributed by atoms with Gasteiger partial charge in [0.15, 0.2) is 0 Å². The van der Waals surface area contributed by atoms with Gasteiger partial charge in [-0.05, 0) is 56.9 Å². The van der Waals surface area contributed by atoms with Crippen molar-refractivity contribution in [3.05, 3.63) is 47.3 Å². The van der Waals surface area contributed by atoms with E-state index in [4.69, 9.17) is 18.9 Å². The average Bonchev–Trinajstić information content (AvgIpc) is 2.94. The molecule has 0 aromatic carbocycles. The highest BCUT2D eigenvalue weighted by Crippen LogP contribution is 2.35. The van der Waals surface area contributed by atoms with Crippen molar-refractivity contribution >= 4 is 5.97 Å². The maximum absolute atomic E-state index is 13.5. The van der Waals surface area contributed by atoms with Crippen molar-refractivity contribution in [2.45, 2.75) is 118 Å². The molecule has 0 unspecified atom stereocenters. The Morgan fingerprint density at radius 2 is 1.64 bits per heavy atom. The quantitative estimate of drug-likeness (QED) is 0.331. The van der Waals surface area contributed by atoms with Crippen LogP contribution >= 0.6 is 0 Å². The first-order valence-corrected chi connectivity index (χ1v) is 15.7. The number of carbonyl (C=O) groups is 1. The monoisotopic (exact) mass is 590 g/mol. The second-order valence-corrected chi connectivity index (χ2v) is 13.3. The molecule has 0 radical (unpaired) electrons. The van der Waals surface area contributed by atoms with Gasteiger partial charge in [-0.15, -0.1) is 0 Å². The molecule has 0 spiro atoms. The molecule has 0 saturated carbocycles. The van der Waals surface area contributed by atoms with E-state index in [9.17, 15) is 15.0 Å². The third-order valence-corrected chi connectivity index (χ3v) is 9.23. The third kappa shape index (κ3) is 9.80. The Balaban J connectivity index is 2.45. The molecule has 11 atom stereocenters. The van der Waals surface area contributed by atoms with Gasteiger partial charge in [0.05, 0.1) is 31.5 Å². The van der Waals surface area contributed by atoms with Crippen molar-refractivity contribution in [2.24, 2.45) is 35.5 Å². The van der Waals surface area contributed by atoms with Crippen molar-refractivity contribution in [1.29, 1.82) is 0 Å². The van der Waals surface area contributed by atoms with Crippen molar-refractivity contribution < 1.29 is 34.0 Å². The van der Waals surface area contributed by atoms with E-state index in [1.807, 2.05) is 65.8 Å². The van der Waals surface area contributed by atoms with Crippen molar-refractivity contribution in [2.75, 3.05) is 14.2 Å². The summed E-state index contributed by atoms with van der Waals surface area (Å²) in [5, 5.41) is 22.6. The number of methoxy groups -OCH3 is 2. The fourth-order valence-electron chi connectivity index (χ4n) is 6.58. The highest BCUT2D eigenvalue weighted by molar-refractivity contribution is 5.87. The lowest BCUT2D eigenvalue weighted by atomic mass is 9.79. The third-order valence-electron chi connectivity index (χ3n) is 9.23. The number of aliphatic hydroxyl groups is 2. The SMILES string of the molecule is CO/C1=C\C(C)=C\[C@@H](C)[C@@H](O)[C@@H](C)C/C(C)=C/C=C/[C@H](OC)[C@@H]([C@@H](C)[C@@H](O)[C@H](C)[C@H]2CC[C@H](C)[C@@H](C(C)C)O2)OC1=O. The number of rotatable bonds is 7. The van der Waals surface area contributed by atoms with Gasteiger partial charge >= 0.3 is 5.97 Å². The van der Waals surface area contributed by atoms with E-state index in [-0.39, 0.29) is 35.7 Å². The molecule has 0 aromatic rings. The van der Waals surface area contributed by atoms with Gasteiger partial charge in [0.25, 0.3) is 0 Å². The molecule has 7 heteroatoms. The maximum atomic E-state index is 13.5. The highest BCUT2D eigenvalue weighted by Gasteiger charge is 2.41. The predicted molar refractivity (Wildman–Crippen MR) is 168 cm³/mol. The lowest BCUT2D eigenvalue weighted by molar-refractivity contribution is -0.169. The van der Waals surface area contributed by atoms with Gasteiger partial charge in [-0.1, -0.05) is 83.9 Å². The topological polar surface area (TPSA) is 94.5 Å². The van der Waals surface area contributed by atoms with Crippen LogP contribution in [0.1, 0.15) is 81.6 Å². The van der Waals surface area contributed by atoms with Gasteiger partial charge in [-0.3, -0.25) is 0 Å². The minimum atomic E-state index is -0.803. The summed E-state index contributed by atoms with van der Waals surface area (Å²) in [4.78, 5) is 13.5. The normalized spacial score (nSPS) is 39.0. The van der Waals surface area contributed by atoms with E-state index >= 15 is 0 Å². The van der Waals surface area contributed by atoms with Crippen molar-refractivity contribution in [1.82, 2.24) is 0 Å². The largest absolute Gasteiger partial charge is 0.490 e. The molecule has 2 rings (SSSR count). The number of carbonyl (C=O) groups excluding carboxylic acids is 1. The number of hydrogen-bond donors (Lipinski definition) is 2. The van der Waals surface area contributed by atoms with Crippen LogP contribution in [0.15, 0.2) is 47.3 Å². The van der Waals surface area contributed by atoms with Gasteiger partial charge in [0.2, 0.25) is 5.76 Å². The zero-order valence-electron chi connectivity index (χ0n) is 27.9. The summed E-state index contributed by atoms with van der Waals surface area (Å²) in [6.07, 6.45) is 9.32. The van der Waals surface area contributed by atoms with Gasteiger partial charge in [-0.25, -0.2) is 4.79 Å². The molecule has 0 aromatic heterocycles. The zero-order valence-corrected chi connectivity index (χ0v) is 27.9. The predicted octanol–water partition coefficient (Wildman–Crippen LogP) is 6.40. The number of aliphatic hydroxyl groups excluding tert-OH is 2. The first-order valence-electron chi connectivity index (χ1n) is 15.7. The second-order valence-electron chi connectivity index (χ2n) is 13.3. The molecule has 2 N–H and O–H groups in total. The van der Waals surface area contributed by atoms with Gasteiger partial charge in [-0.2, -0.15) is 0 Å². The van der Waals surface area contributed by atoms with Crippen LogP contribution in [0.5, 0.6) is 0 Å². The summed E-state index contributed by atoms with van der Waals surface area (Å²) < 4.78 is 23.9. The molecule has 240 valence electrons. The Labute approximate surface area is 255 Å². The first kappa shape index (κ1) is 36.3. The second kappa shape index (κ2) is 16.8. The van der Waals surface area contributed by atoms with Gasteiger partial charge < -0.3 is 29.2 Å². The summed E-state index contributed by atoms with van der Waals surface area (Å²) in [5.74, 6) is -0.442. The Morgan fingerprint density at radius 1 is 0.976 bits per heavy atom. The molecule has 2 heterocycles. The van der Waals surface area contributed by atoms with E-state index < -0.39 is 36.3 Å². The maximum Gasteiger partial charge on any atom is 0.373 e. The van der Waals surface area contributed by atoms with Crippen LogP contribution in [-0.2, 0) is 23.7 Å². The van der Waals surface area contributed by atoms with E-state index in [1.165, 1.54) is 7.11 Å². The van der Waals surface area contributed by atoms with Gasteiger partial charge in [0, 0.05) is 24.9 Å². The van der Waals surface area contributed by atoms with Crippen LogP contribution < -0.4 is 0 Å². The number of ether oxygens (including phenoxy) is 4. The fourth-order valence-corrected chi connectivity index (χ4v) is 6.58. The van der Waals surface area contributed by atoms with Gasteiger partial charge in [0.1, 0.15) is 12.2 Å². The van der Waals surface area contributed by atoms with Crippen LogP contribution in [0.2, 0.25) is 0 Å². The highest BCUT2D eigenvalue weighted by atomic mass is 16.6. The molecule has 1 fully saturated rings. The molecule has 7 nitrogen and oxygen atoms in total. The summed E-state index contributed by atoms with van der Waals surface area (Å²) in [6, 6.07) is 0. The minimum Gasteiger partial charge on any atom is -0.490 e. The van der Waals surface area contributed by atoms with Crippen LogP contribution in [0.3, 0.4) is 0 Å². The molecular weight excluding hydrogens is 532 g/mol. The van der Waals surface area contributed by atoms with Crippen molar-refractivity contribution in [3.8, 4) is 0 Å². The summed E-state index contributed by atoms with van der Waals surface area (Å²) in [7, 11) is 3.01. The summed E-state index contributed by atoms with van der Waals surface area (Å²) >= 11 is 0. The molecule has 0 bridgehead atoms. The van der Waals surface area contributed by atoms with E-state index in [2.05, 4.69) is 20.8 Å². The lowest BCUT2D eigenvalue weighted by Crippen LogP contribution is -2.48. The lowest BCUT2D eigenvalue weighted by Gasteiger charge is -2.42. The minimum absolute atomic E-state index is 0.0420. The fraction of sp³-hybridized carbons (Fsp3) is 0.743. The van der Waals surface area contributed by atoms with E-state index in [0.29, 0.717) is 11.8 Å². The molecule has 2 aliphatic heterocycles. The van der Waals surface area contributed by atoms with Crippen molar-refractivity contribution in [3.63, 3.8) is 0 Å². The van der Waals surface area contributed by atoms with E-state index in [0.717, 1.165) is 30.4 Å². The van der Waals surface area contributed by atoms with Crippen LogP contribution in [0, 0.1) is 35.5 Å². The van der Waals surface area contributed by atoms with E-state index in [1.54, 1.807) is 13.2 Å². The average molecular weight is 591 g/mol. The summed E-state index contributed by atoms with van der Waals surface area (Å²) in [5.41, 5.74) is 1.90. The number of esters is 1.